The first kappa shape index (κ1) is 25.2. The van der Waals surface area contributed by atoms with Crippen LogP contribution in [0.4, 0.5) is 11.4 Å². The van der Waals surface area contributed by atoms with Crippen LogP contribution in [0, 0.1) is 5.92 Å². The van der Waals surface area contributed by atoms with E-state index in [4.69, 9.17) is 10.8 Å². The van der Waals surface area contributed by atoms with Gasteiger partial charge >= 0.3 is 0 Å². The Labute approximate surface area is 212 Å². The second-order valence-electron chi connectivity index (χ2n) is 8.93. The van der Waals surface area contributed by atoms with Gasteiger partial charge in [0, 0.05) is 19.7 Å². The van der Waals surface area contributed by atoms with Crippen molar-refractivity contribution < 1.29 is 9.90 Å². The number of rotatable bonds is 10. The zero-order chi connectivity index (χ0) is 25.3. The van der Waals surface area contributed by atoms with Crippen molar-refractivity contribution in [1.29, 1.82) is 0 Å². The number of hydrogen-bond donors (Lipinski definition) is 5. The Bertz CT molecular complexity index is 1230. The van der Waals surface area contributed by atoms with Crippen LogP contribution in [-0.4, -0.2) is 31.2 Å². The highest BCUT2D eigenvalue weighted by molar-refractivity contribution is 6.00. The first-order valence-electron chi connectivity index (χ1n) is 12.4. The molecule has 1 aliphatic carbocycles. The third-order valence-corrected chi connectivity index (χ3v) is 6.51. The number of carbonyl (C=O) groups excluding carboxylic acids is 1. The third kappa shape index (κ3) is 6.03. The van der Waals surface area contributed by atoms with Crippen molar-refractivity contribution in [3.05, 3.63) is 101 Å². The van der Waals surface area contributed by atoms with Crippen LogP contribution in [0.2, 0.25) is 0 Å². The molecular formula is C30H34N4O2. The molecule has 0 spiro atoms. The van der Waals surface area contributed by atoms with Gasteiger partial charge in [-0.15, -0.1) is 0 Å². The second-order valence-corrected chi connectivity index (χ2v) is 8.93. The average Bonchev–Trinajstić information content (AvgIpc) is 2.87. The highest BCUT2D eigenvalue weighted by atomic mass is 16.3. The van der Waals surface area contributed by atoms with Crippen molar-refractivity contribution in [2.24, 2.45) is 5.92 Å². The summed E-state index contributed by atoms with van der Waals surface area (Å²) in [5.41, 5.74) is 20.8. The molecule has 0 saturated heterocycles. The number of nitrogens with one attached hydrogen (secondary N) is 3. The Kier molecular flexibility index (Phi) is 8.55. The maximum absolute atomic E-state index is 11.9. The van der Waals surface area contributed by atoms with E-state index in [-0.39, 0.29) is 19.1 Å². The Morgan fingerprint density at radius 1 is 1.00 bits per heavy atom. The number of nitrogen functional groups attached to an aromatic ring is 1. The molecule has 0 radical (unpaired) electrons. The normalized spacial score (nSPS) is 14.3. The zero-order valence-corrected chi connectivity index (χ0v) is 20.6. The predicted octanol–water partition coefficient (Wildman–Crippen LogP) is 4.70. The third-order valence-electron chi connectivity index (χ3n) is 6.51. The van der Waals surface area contributed by atoms with Gasteiger partial charge in [-0.05, 0) is 70.4 Å². The van der Waals surface area contributed by atoms with Crippen molar-refractivity contribution in [3.63, 3.8) is 0 Å². The fraction of sp³-hybridized carbons (Fsp3) is 0.233. The quantitative estimate of drug-likeness (QED) is 0.125. The van der Waals surface area contributed by atoms with E-state index in [1.54, 1.807) is 6.08 Å². The summed E-state index contributed by atoms with van der Waals surface area (Å²) in [6.07, 6.45) is 6.85. The van der Waals surface area contributed by atoms with Crippen LogP contribution in [-0.2, 0) is 4.79 Å². The monoisotopic (exact) mass is 482 g/mol. The summed E-state index contributed by atoms with van der Waals surface area (Å²) in [5, 5.41) is 11.5. The lowest BCUT2D eigenvalue weighted by Gasteiger charge is -2.32. The fourth-order valence-corrected chi connectivity index (χ4v) is 4.51. The fourth-order valence-electron chi connectivity index (χ4n) is 4.51. The van der Waals surface area contributed by atoms with Gasteiger partial charge < -0.3 is 21.6 Å². The van der Waals surface area contributed by atoms with Crippen LogP contribution >= 0.6 is 0 Å². The largest absolute Gasteiger partial charge is 0.397 e. The molecule has 1 amide bonds. The van der Waals surface area contributed by atoms with Crippen LogP contribution in [0.1, 0.15) is 41.5 Å². The van der Waals surface area contributed by atoms with Gasteiger partial charge in [0.25, 0.3) is 0 Å². The molecule has 6 heteroatoms. The Morgan fingerprint density at radius 2 is 1.72 bits per heavy atom. The molecule has 6 nitrogen and oxygen atoms in total. The molecule has 6 N–H and O–H groups in total. The molecule has 0 aliphatic heterocycles. The first-order chi connectivity index (χ1) is 17.6. The van der Waals surface area contributed by atoms with Crippen molar-refractivity contribution in [2.45, 2.75) is 19.3 Å². The molecule has 1 aliphatic rings. The van der Waals surface area contributed by atoms with Crippen LogP contribution < -0.4 is 21.9 Å². The summed E-state index contributed by atoms with van der Waals surface area (Å²) in [6, 6.07) is 25.0. The van der Waals surface area contributed by atoms with E-state index in [0.717, 1.165) is 22.4 Å². The molecule has 3 aromatic rings. The highest BCUT2D eigenvalue weighted by Gasteiger charge is 2.27. The molecule has 36 heavy (non-hydrogen) atoms. The lowest BCUT2D eigenvalue weighted by Crippen LogP contribution is -2.24. The molecule has 0 bridgehead atoms. The number of anilines is 2. The molecule has 3 aromatic carbocycles. The van der Waals surface area contributed by atoms with Gasteiger partial charge in [0.2, 0.25) is 5.91 Å². The molecule has 0 heterocycles. The molecule has 0 unspecified atom stereocenters. The maximum atomic E-state index is 11.9. The van der Waals surface area contributed by atoms with E-state index in [9.17, 15) is 4.79 Å². The number of hydrazine groups is 1. The standard InChI is InChI=1S/C30H34N4O2/c1-32-34-27-16-15-25(20-26(27)31)30(29(23-8-5-9-23)22-6-3-2-4-7-22)24-13-10-21(11-14-24)12-17-28(36)33-18-19-35/h2-4,6-7,10-17,20,23,32,34-35H,5,8-9,18-19,31H2,1H3,(H,33,36)/b17-12+,30-29-. The summed E-state index contributed by atoms with van der Waals surface area (Å²) >= 11 is 0. The van der Waals surface area contributed by atoms with E-state index in [1.807, 2.05) is 31.3 Å². The van der Waals surface area contributed by atoms with Gasteiger partial charge in [0.05, 0.1) is 18.0 Å². The summed E-state index contributed by atoms with van der Waals surface area (Å²) in [7, 11) is 1.81. The maximum Gasteiger partial charge on any atom is 0.244 e. The van der Waals surface area contributed by atoms with Crippen LogP contribution in [0.3, 0.4) is 0 Å². The van der Waals surface area contributed by atoms with Crippen molar-refractivity contribution in [2.75, 3.05) is 31.4 Å². The number of amides is 1. The summed E-state index contributed by atoms with van der Waals surface area (Å²) in [6.45, 7) is 0.163. The number of allylic oxidation sites excluding steroid dienone is 1. The zero-order valence-electron chi connectivity index (χ0n) is 20.6. The molecule has 1 fully saturated rings. The first-order valence-corrected chi connectivity index (χ1v) is 12.4. The highest BCUT2D eigenvalue weighted by Crippen LogP contribution is 2.45. The van der Waals surface area contributed by atoms with Crippen LogP contribution in [0.25, 0.3) is 17.2 Å². The number of aliphatic hydroxyl groups excluding tert-OH is 1. The van der Waals surface area contributed by atoms with E-state index in [1.165, 1.54) is 42.0 Å². The second kappa shape index (κ2) is 12.2. The van der Waals surface area contributed by atoms with Gasteiger partial charge in [-0.2, -0.15) is 0 Å². The Balaban J connectivity index is 1.79. The van der Waals surface area contributed by atoms with E-state index >= 15 is 0 Å². The predicted molar refractivity (Wildman–Crippen MR) is 149 cm³/mol. The smallest absolute Gasteiger partial charge is 0.244 e. The lowest BCUT2D eigenvalue weighted by molar-refractivity contribution is -0.116. The molecular weight excluding hydrogens is 448 g/mol. The molecule has 4 rings (SSSR count). The minimum atomic E-state index is -0.226. The Morgan fingerprint density at radius 3 is 2.33 bits per heavy atom. The number of nitrogens with two attached hydrogens (primary N) is 1. The molecule has 0 atom stereocenters. The van der Waals surface area contributed by atoms with Crippen LogP contribution in [0.15, 0.2) is 78.9 Å². The van der Waals surface area contributed by atoms with Crippen LogP contribution in [0.5, 0.6) is 0 Å². The van der Waals surface area contributed by atoms with E-state index in [2.05, 4.69) is 64.7 Å². The van der Waals surface area contributed by atoms with E-state index < -0.39 is 0 Å². The number of benzene rings is 3. The lowest BCUT2D eigenvalue weighted by atomic mass is 9.73. The number of carbonyl (C=O) groups is 1. The Hall–Kier alpha value is -3.87. The van der Waals surface area contributed by atoms with Gasteiger partial charge in [-0.25, -0.2) is 5.43 Å². The van der Waals surface area contributed by atoms with Crippen molar-refractivity contribution in [1.82, 2.24) is 10.7 Å². The number of hydrogen-bond acceptors (Lipinski definition) is 5. The van der Waals surface area contributed by atoms with Crippen molar-refractivity contribution in [3.8, 4) is 0 Å². The average molecular weight is 483 g/mol. The summed E-state index contributed by atoms with van der Waals surface area (Å²) in [4.78, 5) is 11.9. The van der Waals surface area contributed by atoms with Gasteiger partial charge in [0.15, 0.2) is 0 Å². The minimum absolute atomic E-state index is 0.0787. The van der Waals surface area contributed by atoms with E-state index in [0.29, 0.717) is 11.6 Å². The molecule has 1 saturated carbocycles. The minimum Gasteiger partial charge on any atom is -0.397 e. The summed E-state index contributed by atoms with van der Waals surface area (Å²) < 4.78 is 0. The molecule has 0 aromatic heterocycles. The van der Waals surface area contributed by atoms with Crippen molar-refractivity contribution >= 4 is 34.5 Å². The van der Waals surface area contributed by atoms with Gasteiger partial charge in [-0.3, -0.25) is 4.79 Å². The molecule has 186 valence electrons. The number of aliphatic hydroxyl groups is 1. The van der Waals surface area contributed by atoms with Gasteiger partial charge in [0.1, 0.15) is 0 Å². The van der Waals surface area contributed by atoms with Gasteiger partial charge in [-0.1, -0.05) is 67.1 Å². The SMILES string of the molecule is CNNc1ccc(/C(=C(/c2ccccc2)C2CCC2)c2ccc(/C=C/C(=O)NCCO)cc2)cc1N. The topological polar surface area (TPSA) is 99.4 Å². The summed E-state index contributed by atoms with van der Waals surface area (Å²) in [5.74, 6) is 0.268.